The fourth-order valence-corrected chi connectivity index (χ4v) is 5.35. The van der Waals surface area contributed by atoms with E-state index in [0.29, 0.717) is 17.7 Å². The van der Waals surface area contributed by atoms with E-state index in [0.717, 1.165) is 76.4 Å². The van der Waals surface area contributed by atoms with Gasteiger partial charge in [-0.15, -0.1) is 0 Å². The summed E-state index contributed by atoms with van der Waals surface area (Å²) in [5, 5.41) is 3.07. The fraction of sp³-hybridized carbons (Fsp3) is 0.818. The topological polar surface area (TPSA) is 58.6 Å². The largest absolute Gasteiger partial charge is 0.451 e. The minimum absolute atomic E-state index is 0.0966. The number of piperidine rings is 1. The number of hydrogen-bond donors (Lipinski definition) is 1. The third kappa shape index (κ3) is 4.74. The van der Waals surface area contributed by atoms with E-state index in [1.165, 1.54) is 6.42 Å². The first-order chi connectivity index (χ1) is 12.9. The van der Waals surface area contributed by atoms with Gasteiger partial charge >= 0.3 is 5.97 Å². The number of nitrogens with one attached hydrogen (secondary N) is 1. The molecular weight excluding hydrogens is 340 g/mol. The molecule has 3 rings (SSSR count). The molecule has 3 aliphatic rings. The molecule has 0 radical (unpaired) electrons. The number of hydrogen-bond acceptors (Lipinski definition) is 4. The molecule has 1 saturated carbocycles. The van der Waals surface area contributed by atoms with Gasteiger partial charge in [-0.25, -0.2) is 4.79 Å². The van der Waals surface area contributed by atoms with Gasteiger partial charge < -0.3 is 15.0 Å². The number of rotatable bonds is 5. The maximum atomic E-state index is 12.9. The van der Waals surface area contributed by atoms with E-state index in [2.05, 4.69) is 24.1 Å². The molecule has 27 heavy (non-hydrogen) atoms. The Labute approximate surface area is 163 Å². The molecule has 0 bridgehead atoms. The van der Waals surface area contributed by atoms with Crippen molar-refractivity contribution in [3.8, 4) is 0 Å². The summed E-state index contributed by atoms with van der Waals surface area (Å²) in [5.74, 6) is 1.11. The van der Waals surface area contributed by atoms with E-state index < -0.39 is 5.60 Å². The standard InChI is InChI=1S/C22H36N2O3/c1-16-13-17(2)15-24(14-16)12-8-11-23-20(25)19-18(3)21(26)27-22(19)9-6-4-5-7-10-22/h16-17H,4-15H2,1-3H3,(H,23,25)/t16-,17-/m1/s1. The van der Waals surface area contributed by atoms with Crippen molar-refractivity contribution < 1.29 is 14.3 Å². The van der Waals surface area contributed by atoms with Crippen LogP contribution in [0, 0.1) is 11.8 Å². The van der Waals surface area contributed by atoms with Crippen LogP contribution in [0.2, 0.25) is 0 Å². The molecule has 1 spiro atoms. The van der Waals surface area contributed by atoms with Crippen LogP contribution in [0.25, 0.3) is 0 Å². The molecular formula is C22H36N2O3. The first kappa shape index (κ1) is 20.4. The number of carbonyl (C=O) groups excluding carboxylic acids is 2. The van der Waals surface area contributed by atoms with Gasteiger partial charge in [-0.05, 0) is 63.8 Å². The smallest absolute Gasteiger partial charge is 0.335 e. The zero-order valence-corrected chi connectivity index (χ0v) is 17.3. The Bertz CT molecular complexity index is 580. The Balaban J connectivity index is 1.54. The molecule has 2 heterocycles. The van der Waals surface area contributed by atoms with Crippen molar-refractivity contribution in [2.75, 3.05) is 26.2 Å². The lowest BCUT2D eigenvalue weighted by Crippen LogP contribution is -2.41. The van der Waals surface area contributed by atoms with E-state index in [-0.39, 0.29) is 11.9 Å². The minimum Gasteiger partial charge on any atom is -0.451 e. The van der Waals surface area contributed by atoms with Crippen LogP contribution in [0.5, 0.6) is 0 Å². The molecule has 0 aromatic heterocycles. The van der Waals surface area contributed by atoms with Crippen molar-refractivity contribution >= 4 is 11.9 Å². The molecule has 2 aliphatic heterocycles. The monoisotopic (exact) mass is 376 g/mol. The third-order valence-electron chi connectivity index (χ3n) is 6.44. The lowest BCUT2D eigenvalue weighted by atomic mass is 9.84. The van der Waals surface area contributed by atoms with Crippen LogP contribution < -0.4 is 5.32 Å². The highest BCUT2D eigenvalue weighted by Crippen LogP contribution is 2.42. The van der Waals surface area contributed by atoms with E-state index in [9.17, 15) is 9.59 Å². The number of esters is 1. The van der Waals surface area contributed by atoms with Crippen LogP contribution in [0.15, 0.2) is 11.1 Å². The first-order valence-corrected chi connectivity index (χ1v) is 10.9. The van der Waals surface area contributed by atoms with Crippen LogP contribution in [0.3, 0.4) is 0 Å². The van der Waals surface area contributed by atoms with Crippen molar-refractivity contribution in [2.24, 2.45) is 11.8 Å². The average molecular weight is 377 g/mol. The van der Waals surface area contributed by atoms with Crippen LogP contribution in [0.1, 0.15) is 72.1 Å². The van der Waals surface area contributed by atoms with E-state index in [1.54, 1.807) is 6.92 Å². The van der Waals surface area contributed by atoms with Crippen molar-refractivity contribution in [3.63, 3.8) is 0 Å². The second-order valence-electron chi connectivity index (χ2n) is 9.11. The number of amides is 1. The van der Waals surface area contributed by atoms with E-state index in [4.69, 9.17) is 4.74 Å². The van der Waals surface area contributed by atoms with E-state index in [1.807, 2.05) is 0 Å². The van der Waals surface area contributed by atoms with Crippen LogP contribution >= 0.6 is 0 Å². The van der Waals surface area contributed by atoms with Gasteiger partial charge in [-0.3, -0.25) is 4.79 Å². The molecule has 2 atom stereocenters. The van der Waals surface area contributed by atoms with Crippen molar-refractivity contribution in [1.82, 2.24) is 10.2 Å². The predicted molar refractivity (Wildman–Crippen MR) is 106 cm³/mol. The predicted octanol–water partition coefficient (Wildman–Crippen LogP) is 3.44. The Hall–Kier alpha value is -1.36. The van der Waals surface area contributed by atoms with Gasteiger partial charge in [-0.2, -0.15) is 0 Å². The molecule has 5 nitrogen and oxygen atoms in total. The summed E-state index contributed by atoms with van der Waals surface area (Å²) in [7, 11) is 0. The van der Waals surface area contributed by atoms with Gasteiger partial charge in [0.2, 0.25) is 0 Å². The Kier molecular flexibility index (Phi) is 6.61. The lowest BCUT2D eigenvalue weighted by molar-refractivity contribution is -0.148. The SMILES string of the molecule is CC1=C(C(=O)NCCCN2C[C@H](C)C[C@@H](C)C2)C2(CCCCCC2)OC1=O. The quantitative estimate of drug-likeness (QED) is 0.590. The molecule has 5 heteroatoms. The maximum absolute atomic E-state index is 12.9. The maximum Gasteiger partial charge on any atom is 0.335 e. The van der Waals surface area contributed by atoms with Gasteiger partial charge in [0, 0.05) is 25.2 Å². The van der Waals surface area contributed by atoms with Gasteiger partial charge in [0.1, 0.15) is 5.60 Å². The molecule has 1 amide bonds. The zero-order valence-electron chi connectivity index (χ0n) is 17.3. The van der Waals surface area contributed by atoms with Crippen LogP contribution in [-0.4, -0.2) is 48.6 Å². The third-order valence-corrected chi connectivity index (χ3v) is 6.44. The van der Waals surface area contributed by atoms with Gasteiger partial charge in [0.15, 0.2) is 0 Å². The van der Waals surface area contributed by atoms with Crippen molar-refractivity contribution in [1.29, 1.82) is 0 Å². The fourth-order valence-electron chi connectivity index (χ4n) is 5.35. The van der Waals surface area contributed by atoms with Crippen LogP contribution in [-0.2, 0) is 14.3 Å². The molecule has 1 saturated heterocycles. The highest BCUT2D eigenvalue weighted by molar-refractivity contribution is 6.07. The van der Waals surface area contributed by atoms with Crippen molar-refractivity contribution in [3.05, 3.63) is 11.1 Å². The second-order valence-corrected chi connectivity index (χ2v) is 9.11. The second kappa shape index (κ2) is 8.76. The molecule has 0 aromatic rings. The molecule has 0 aromatic carbocycles. The normalized spacial score (nSPS) is 28.9. The highest BCUT2D eigenvalue weighted by atomic mass is 16.6. The summed E-state index contributed by atoms with van der Waals surface area (Å²) < 4.78 is 5.76. The zero-order chi connectivity index (χ0) is 19.4. The Morgan fingerprint density at radius 1 is 1.15 bits per heavy atom. The molecule has 2 fully saturated rings. The van der Waals surface area contributed by atoms with Crippen molar-refractivity contribution in [2.45, 2.75) is 77.7 Å². The Morgan fingerprint density at radius 2 is 1.78 bits per heavy atom. The molecule has 0 unspecified atom stereocenters. The Morgan fingerprint density at radius 3 is 2.41 bits per heavy atom. The van der Waals surface area contributed by atoms with Gasteiger partial charge in [-0.1, -0.05) is 26.7 Å². The number of likely N-dealkylation sites (tertiary alicyclic amines) is 1. The first-order valence-electron chi connectivity index (χ1n) is 10.9. The average Bonchev–Trinajstić information content (AvgIpc) is 2.75. The summed E-state index contributed by atoms with van der Waals surface area (Å²) in [4.78, 5) is 27.7. The molecule has 1 aliphatic carbocycles. The highest BCUT2D eigenvalue weighted by Gasteiger charge is 2.48. The van der Waals surface area contributed by atoms with Gasteiger partial charge in [0.25, 0.3) is 5.91 Å². The summed E-state index contributed by atoms with van der Waals surface area (Å²) >= 11 is 0. The lowest BCUT2D eigenvalue weighted by Gasteiger charge is -2.35. The van der Waals surface area contributed by atoms with Crippen LogP contribution in [0.4, 0.5) is 0 Å². The summed E-state index contributed by atoms with van der Waals surface area (Å²) in [6.07, 6.45) is 8.16. The summed E-state index contributed by atoms with van der Waals surface area (Å²) in [5.41, 5.74) is 0.446. The van der Waals surface area contributed by atoms with Gasteiger partial charge in [0.05, 0.1) is 5.57 Å². The molecule has 152 valence electrons. The summed E-state index contributed by atoms with van der Waals surface area (Å²) in [6.45, 7) is 10.4. The molecule has 1 N–H and O–H groups in total. The number of carbonyl (C=O) groups is 2. The number of nitrogens with zero attached hydrogens (tertiary/aromatic N) is 1. The minimum atomic E-state index is -0.667. The summed E-state index contributed by atoms with van der Waals surface area (Å²) in [6, 6.07) is 0. The number of ether oxygens (including phenoxy) is 1. The van der Waals surface area contributed by atoms with E-state index >= 15 is 0 Å².